The first-order valence-corrected chi connectivity index (χ1v) is 40.0. The van der Waals surface area contributed by atoms with Crippen LogP contribution in [0.3, 0.4) is 0 Å². The number of carbonyl (C=O) groups excluding carboxylic acids is 8. The third-order valence-corrected chi connectivity index (χ3v) is 24.8. The van der Waals surface area contributed by atoms with Crippen molar-refractivity contribution in [3.05, 3.63) is 144 Å². The van der Waals surface area contributed by atoms with Gasteiger partial charge in [0.25, 0.3) is 23.6 Å². The maximum absolute atomic E-state index is 14.8. The summed E-state index contributed by atoms with van der Waals surface area (Å²) in [6.07, 6.45) is 6.79. The van der Waals surface area contributed by atoms with E-state index in [0.717, 1.165) is 0 Å². The largest absolute Gasteiger partial charge is 0.494 e. The number of aromatic nitrogens is 2. The molecule has 4 heterocycles. The summed E-state index contributed by atoms with van der Waals surface area (Å²) in [6, 6.07) is 20.0. The lowest BCUT2D eigenvalue weighted by Gasteiger charge is -2.36. The van der Waals surface area contributed by atoms with Crippen molar-refractivity contribution in [3.63, 3.8) is 0 Å². The Morgan fingerprint density at radius 3 is 1.18 bits per heavy atom. The highest BCUT2D eigenvalue weighted by atomic mass is 35.5. The fourth-order valence-electron chi connectivity index (χ4n) is 13.8. The molecule has 6 fully saturated rings. The molecule has 2 aliphatic heterocycles. The van der Waals surface area contributed by atoms with E-state index in [1.54, 1.807) is 113 Å². The van der Waals surface area contributed by atoms with E-state index in [9.17, 15) is 55.2 Å². The molecule has 0 bridgehead atoms. The molecule has 4 saturated carbocycles. The van der Waals surface area contributed by atoms with Gasteiger partial charge >= 0.3 is 0 Å². The number of fused-ring (bicyclic) bond motifs is 2. The Labute approximate surface area is 650 Å². The molecular weight excluding hydrogens is 1500 g/mol. The van der Waals surface area contributed by atoms with Crippen molar-refractivity contribution >= 4 is 123 Å². The first-order valence-electron chi connectivity index (χ1n) is 36.1. The third-order valence-electron chi connectivity index (χ3n) is 20.7. The lowest BCUT2D eigenvalue weighted by molar-refractivity contribution is -0.141. The monoisotopic (exact) mass is 1590 g/mol. The van der Waals surface area contributed by atoms with Gasteiger partial charge in [-0.15, -0.1) is 13.2 Å². The second kappa shape index (κ2) is 31.5. The molecule has 2 saturated heterocycles. The third kappa shape index (κ3) is 17.5. The van der Waals surface area contributed by atoms with Gasteiger partial charge in [0.1, 0.15) is 59.0 Å². The van der Waals surface area contributed by atoms with E-state index in [4.69, 9.17) is 42.1 Å². The fraction of sp³-hybridized carbons (Fsp3) is 0.462. The van der Waals surface area contributed by atoms with E-state index >= 15 is 0 Å². The summed E-state index contributed by atoms with van der Waals surface area (Å²) in [7, 11) is 1.89. The molecule has 4 aromatic carbocycles. The van der Waals surface area contributed by atoms with Crippen LogP contribution in [0.4, 0.5) is 11.4 Å². The van der Waals surface area contributed by atoms with Gasteiger partial charge in [0.05, 0.1) is 50.2 Å². The lowest BCUT2D eigenvalue weighted by atomic mass is 9.85. The highest BCUT2D eigenvalue weighted by Crippen LogP contribution is 2.48. The van der Waals surface area contributed by atoms with Crippen LogP contribution in [0, 0.1) is 22.7 Å². The Balaban J connectivity index is 0.000000218. The molecule has 0 unspecified atom stereocenters. The van der Waals surface area contributed by atoms with Gasteiger partial charge in [-0.05, 0) is 134 Å². The smallest absolute Gasteiger partial charge is 0.259 e. The fourth-order valence-corrected chi connectivity index (χ4v) is 16.9. The standard InChI is InChI=1S/2C39H47ClN6O8S/c2*1-8-23-19-39(23,37(50)44-55(51,52)27-14-15-27)43-33(47)30-18-26(54-34-29-17-24(40)11-16-28(29)31(53-7)20-41-34)21-46(30)36(49)32(38(2,3)4)42-25-12-9-22(10-13-25)35(48)45(5)6/h2*8-13,16-17,20,23,26-27,30,32,42H,1,14-15,18-19,21H2,2-7H3,(H,43,47)(H,44,50)/t23-,26-,30+,32+,39-;23-,26-,30+,32-,39-/m11/s1. The first-order chi connectivity index (χ1) is 51.8. The minimum absolute atomic E-state index is 0.0165. The van der Waals surface area contributed by atoms with Gasteiger partial charge in [0, 0.05) is 107 Å². The Bertz CT molecular complexity index is 4570. The molecular formula is C78H94Cl2N12O16S2. The van der Waals surface area contributed by atoms with E-state index in [-0.39, 0.29) is 62.3 Å². The lowest BCUT2D eigenvalue weighted by Crippen LogP contribution is -2.58. The van der Waals surface area contributed by atoms with Crippen molar-refractivity contribution in [2.45, 2.75) is 151 Å². The number of nitrogens with zero attached hydrogens (tertiary/aromatic N) is 6. The Morgan fingerprint density at radius 1 is 0.545 bits per heavy atom. The number of hydrogen-bond acceptors (Lipinski definition) is 20. The van der Waals surface area contributed by atoms with Crippen LogP contribution in [0.1, 0.15) is 114 Å². The van der Waals surface area contributed by atoms with Gasteiger partial charge in [-0.25, -0.2) is 26.8 Å². The van der Waals surface area contributed by atoms with Crippen LogP contribution in [0.25, 0.3) is 21.5 Å². The summed E-state index contributed by atoms with van der Waals surface area (Å²) in [5.74, 6) is -3.68. The van der Waals surface area contributed by atoms with Gasteiger partial charge in [-0.2, -0.15) is 0 Å². The molecule has 2 aromatic heterocycles. The van der Waals surface area contributed by atoms with E-state index < -0.39 is 136 Å². The zero-order valence-electron chi connectivity index (χ0n) is 63.4. The summed E-state index contributed by atoms with van der Waals surface area (Å²) in [4.78, 5) is 125. The highest BCUT2D eigenvalue weighted by Gasteiger charge is 2.64. The molecule has 588 valence electrons. The number of carbonyl (C=O) groups is 8. The van der Waals surface area contributed by atoms with Crippen LogP contribution in [0.2, 0.25) is 10.0 Å². The maximum Gasteiger partial charge on any atom is 0.259 e. The molecule has 32 heteroatoms. The van der Waals surface area contributed by atoms with Gasteiger partial charge < -0.3 is 59.8 Å². The number of hydrogen-bond donors (Lipinski definition) is 6. The van der Waals surface area contributed by atoms with Gasteiger partial charge in [0.15, 0.2) is 0 Å². The molecule has 110 heavy (non-hydrogen) atoms. The molecule has 8 amide bonds. The number of rotatable bonds is 26. The topological polar surface area (TPSA) is 353 Å². The van der Waals surface area contributed by atoms with E-state index in [2.05, 4.69) is 53.8 Å². The minimum Gasteiger partial charge on any atom is -0.494 e. The number of halogens is 2. The summed E-state index contributed by atoms with van der Waals surface area (Å²) in [5.41, 5.74) is -2.33. The average Bonchev–Trinajstić information content (AvgIpc) is 1.56. The molecule has 28 nitrogen and oxygen atoms in total. The van der Waals surface area contributed by atoms with Gasteiger partial charge in [0.2, 0.25) is 55.4 Å². The second-order valence-corrected chi connectivity index (χ2v) is 36.2. The number of ether oxygens (including phenoxy) is 4. The van der Waals surface area contributed by atoms with Crippen LogP contribution < -0.4 is 49.7 Å². The van der Waals surface area contributed by atoms with Crippen molar-refractivity contribution in [1.82, 2.24) is 49.6 Å². The average molecular weight is 1590 g/mol. The van der Waals surface area contributed by atoms with Crippen LogP contribution in [0.5, 0.6) is 23.3 Å². The van der Waals surface area contributed by atoms with Crippen LogP contribution in [-0.2, 0) is 48.8 Å². The number of anilines is 2. The summed E-state index contributed by atoms with van der Waals surface area (Å²) >= 11 is 12.7. The van der Waals surface area contributed by atoms with Crippen molar-refractivity contribution in [3.8, 4) is 23.3 Å². The number of sulfonamides is 2. The zero-order valence-corrected chi connectivity index (χ0v) is 66.6. The first kappa shape index (κ1) is 81.2. The second-order valence-electron chi connectivity index (χ2n) is 31.4. The SMILES string of the molecule is C=C[C@@H]1C[C@]1(NC(=O)[C@@H]1C[C@@H](Oc2ncc(OC)c3ccc(Cl)cc23)CN1C(=O)[C@@H](Nc1ccc(C(=O)N(C)C)cc1)C(C)(C)C)C(=O)NS(=O)(=O)C1CC1.C=C[C@@H]1C[C@]1(NC(=O)[C@@H]1C[C@@H](Oc2ncc(OC)c3ccc(Cl)cc23)CN1C(=O)[C@H](Nc1ccc(C(=O)N(C)C)cc1)C(C)(C)C)C(=O)NS(=O)(=O)C1CC1. The molecule has 4 aliphatic carbocycles. The Kier molecular flexibility index (Phi) is 23.3. The molecule has 6 aromatic rings. The van der Waals surface area contributed by atoms with E-state index in [1.165, 1.54) is 58.4 Å². The Hall–Kier alpha value is -9.78. The van der Waals surface area contributed by atoms with Crippen LogP contribution >= 0.6 is 23.2 Å². The molecule has 6 N–H and O–H groups in total. The maximum atomic E-state index is 14.8. The quantitative estimate of drug-likeness (QED) is 0.0278. The molecule has 12 rings (SSSR count). The predicted molar refractivity (Wildman–Crippen MR) is 417 cm³/mol. The predicted octanol–water partition coefficient (Wildman–Crippen LogP) is 8.29. The number of likely N-dealkylation sites (tertiary alicyclic amines) is 2. The number of nitrogens with one attached hydrogen (secondary N) is 6. The molecule has 0 radical (unpaired) electrons. The van der Waals surface area contributed by atoms with Crippen molar-refractivity contribution in [2.24, 2.45) is 22.7 Å². The van der Waals surface area contributed by atoms with Crippen molar-refractivity contribution in [2.75, 3.05) is 66.1 Å². The number of methoxy groups -OCH3 is 2. The zero-order chi connectivity index (χ0) is 80.1. The summed E-state index contributed by atoms with van der Waals surface area (Å²) < 4.78 is 79.2. The summed E-state index contributed by atoms with van der Waals surface area (Å²) in [5, 5.41) is 14.4. The highest BCUT2D eigenvalue weighted by molar-refractivity contribution is 7.91. The molecule has 0 spiro atoms. The van der Waals surface area contributed by atoms with Crippen LogP contribution in [-0.4, -0.2) is 207 Å². The minimum atomic E-state index is -3.90. The van der Waals surface area contributed by atoms with Crippen LogP contribution in [0.15, 0.2) is 123 Å². The van der Waals surface area contributed by atoms with Crippen molar-refractivity contribution in [1.29, 1.82) is 0 Å². The Morgan fingerprint density at radius 2 is 0.891 bits per heavy atom. The van der Waals surface area contributed by atoms with Crippen molar-refractivity contribution < 1.29 is 74.1 Å². The number of pyridine rings is 2. The summed E-state index contributed by atoms with van der Waals surface area (Å²) in [6.45, 7) is 18.9. The number of benzene rings is 4. The van der Waals surface area contributed by atoms with E-state index in [0.29, 0.717) is 91.3 Å². The van der Waals surface area contributed by atoms with Gasteiger partial charge in [-0.1, -0.05) is 76.9 Å². The normalized spacial score (nSPS) is 22.7. The number of amides is 8. The van der Waals surface area contributed by atoms with Gasteiger partial charge in [-0.3, -0.25) is 47.8 Å². The molecule has 10 atom stereocenters. The molecule has 6 aliphatic rings. The van der Waals surface area contributed by atoms with E-state index in [1.807, 2.05) is 41.5 Å².